The Bertz CT molecular complexity index is 1430. The SMILES string of the molecule is CC(C)[C@@H]1NC(=O)OCCCCCc2ccc3nc(NCc4ccccc4)nc(c3c2)O[C@@H]2CC(C(N)=O)N(C2)C1=O. The number of anilines is 1. The van der Waals surface area contributed by atoms with E-state index in [0.29, 0.717) is 24.8 Å². The highest BCUT2D eigenvalue weighted by Crippen LogP contribution is 2.30. The van der Waals surface area contributed by atoms with Crippen molar-refractivity contribution in [2.24, 2.45) is 11.7 Å². The van der Waals surface area contributed by atoms with Crippen molar-refractivity contribution in [3.8, 4) is 5.88 Å². The lowest BCUT2D eigenvalue weighted by molar-refractivity contribution is -0.139. The van der Waals surface area contributed by atoms with E-state index < -0.39 is 36.1 Å². The van der Waals surface area contributed by atoms with Crippen LogP contribution in [0.5, 0.6) is 5.88 Å². The van der Waals surface area contributed by atoms with E-state index in [2.05, 4.69) is 10.6 Å². The molecule has 3 heterocycles. The number of ether oxygens (including phenoxy) is 2. The normalized spacial score (nSPS) is 21.8. The Morgan fingerprint density at radius 1 is 1.12 bits per heavy atom. The molecule has 11 nitrogen and oxygen atoms in total. The minimum absolute atomic E-state index is 0.115. The number of hydrogen-bond donors (Lipinski definition) is 3. The molecular weight excluding hydrogens is 536 g/mol. The number of alkyl carbamates (subject to hydrolysis) is 1. The van der Waals surface area contributed by atoms with Gasteiger partial charge < -0.3 is 30.7 Å². The molecule has 3 aromatic rings. The smallest absolute Gasteiger partial charge is 0.407 e. The molecule has 222 valence electrons. The van der Waals surface area contributed by atoms with Crippen molar-refractivity contribution in [3.05, 3.63) is 59.7 Å². The number of hydrogen-bond acceptors (Lipinski definition) is 8. The van der Waals surface area contributed by atoms with Gasteiger partial charge in [0.2, 0.25) is 23.6 Å². The Morgan fingerprint density at radius 2 is 1.93 bits per heavy atom. The van der Waals surface area contributed by atoms with E-state index in [-0.39, 0.29) is 25.5 Å². The van der Waals surface area contributed by atoms with Crippen LogP contribution in [0.25, 0.3) is 10.9 Å². The summed E-state index contributed by atoms with van der Waals surface area (Å²) in [5.41, 5.74) is 8.66. The van der Waals surface area contributed by atoms with Gasteiger partial charge in [-0.05, 0) is 54.9 Å². The van der Waals surface area contributed by atoms with Gasteiger partial charge in [-0.1, -0.05) is 50.2 Å². The van der Waals surface area contributed by atoms with Crippen molar-refractivity contribution in [2.75, 3.05) is 18.5 Å². The summed E-state index contributed by atoms with van der Waals surface area (Å²) in [7, 11) is 0. The Morgan fingerprint density at radius 3 is 2.69 bits per heavy atom. The number of aromatic nitrogens is 2. The van der Waals surface area contributed by atoms with Gasteiger partial charge in [-0.25, -0.2) is 9.78 Å². The molecule has 42 heavy (non-hydrogen) atoms. The van der Waals surface area contributed by atoms with Crippen molar-refractivity contribution in [2.45, 2.75) is 70.7 Å². The van der Waals surface area contributed by atoms with Gasteiger partial charge in [0.05, 0.1) is 24.1 Å². The summed E-state index contributed by atoms with van der Waals surface area (Å²) in [6.45, 7) is 4.55. The predicted molar refractivity (Wildman–Crippen MR) is 158 cm³/mol. The lowest BCUT2D eigenvalue weighted by Crippen LogP contribution is -2.54. The van der Waals surface area contributed by atoms with Crippen LogP contribution in [0.3, 0.4) is 0 Å². The minimum atomic E-state index is -0.886. The van der Waals surface area contributed by atoms with Gasteiger partial charge >= 0.3 is 6.09 Å². The number of benzene rings is 2. The Hall–Kier alpha value is -4.41. The van der Waals surface area contributed by atoms with Gasteiger partial charge in [0.1, 0.15) is 18.2 Å². The van der Waals surface area contributed by atoms with Crippen LogP contribution in [0.15, 0.2) is 48.5 Å². The maximum absolute atomic E-state index is 13.7. The molecule has 0 spiro atoms. The highest BCUT2D eigenvalue weighted by molar-refractivity contribution is 5.91. The molecule has 5 rings (SSSR count). The number of nitrogens with two attached hydrogens (primary N) is 1. The molecule has 0 radical (unpaired) electrons. The van der Waals surface area contributed by atoms with E-state index in [4.69, 9.17) is 25.2 Å². The molecule has 0 saturated carbocycles. The second-order valence-corrected chi connectivity index (χ2v) is 11.2. The number of cyclic esters (lactones) is 1. The fraction of sp³-hybridized carbons (Fsp3) is 0.452. The number of carbonyl (C=O) groups excluding carboxylic acids is 3. The lowest BCUT2D eigenvalue weighted by atomic mass is 10.0. The molecular formula is C31H38N6O5. The molecule has 3 amide bonds. The fourth-order valence-electron chi connectivity index (χ4n) is 5.44. The number of nitrogens with zero attached hydrogens (tertiary/aromatic N) is 3. The predicted octanol–water partition coefficient (Wildman–Crippen LogP) is 3.55. The molecule has 1 unspecified atom stereocenters. The van der Waals surface area contributed by atoms with Crippen LogP contribution in [0.1, 0.15) is 50.7 Å². The summed E-state index contributed by atoms with van der Waals surface area (Å²) in [4.78, 5) is 49.5. The van der Waals surface area contributed by atoms with Crippen LogP contribution in [-0.4, -0.2) is 64.1 Å². The Labute approximate surface area is 245 Å². The number of aryl methyl sites for hydroxylation is 1. The quantitative estimate of drug-likeness (QED) is 0.419. The Balaban J connectivity index is 1.48. The van der Waals surface area contributed by atoms with E-state index >= 15 is 0 Å². The van der Waals surface area contributed by atoms with Crippen molar-refractivity contribution in [1.29, 1.82) is 0 Å². The lowest BCUT2D eigenvalue weighted by Gasteiger charge is -2.29. The molecule has 3 atom stereocenters. The van der Waals surface area contributed by atoms with Gasteiger partial charge in [0, 0.05) is 13.0 Å². The van der Waals surface area contributed by atoms with Crippen LogP contribution < -0.4 is 21.1 Å². The first-order valence-electron chi connectivity index (χ1n) is 14.6. The molecule has 2 aromatic carbocycles. The first kappa shape index (κ1) is 29.1. The van der Waals surface area contributed by atoms with Crippen molar-refractivity contribution < 1.29 is 23.9 Å². The van der Waals surface area contributed by atoms with E-state index in [1.165, 1.54) is 4.90 Å². The summed E-state index contributed by atoms with van der Waals surface area (Å²) in [5, 5.41) is 6.74. The summed E-state index contributed by atoms with van der Waals surface area (Å²) in [6, 6.07) is 14.2. The molecule has 11 heteroatoms. The Kier molecular flexibility index (Phi) is 9.04. The second-order valence-electron chi connectivity index (χ2n) is 11.2. The van der Waals surface area contributed by atoms with Gasteiger partial charge in [-0.2, -0.15) is 4.98 Å². The van der Waals surface area contributed by atoms with Crippen LogP contribution in [0.2, 0.25) is 0 Å². The monoisotopic (exact) mass is 574 g/mol. The second kappa shape index (κ2) is 13.1. The molecule has 1 aromatic heterocycles. The standard InChI is InChI=1S/C31H38N6O5/c1-19(2)26-29(39)37-18-22(16-25(37)27(32)38)42-28-23-15-20(9-7-4-8-14-41-31(40)35-26)12-13-24(23)34-30(36-28)33-17-21-10-5-3-6-11-21/h3,5-6,10-13,15,19,22,25-26H,4,7-9,14,16-18H2,1-2H3,(H2,32,38)(H,35,40)(H,33,34,36)/t22-,25?,26+/m1/s1. The number of carbonyl (C=O) groups is 3. The van der Waals surface area contributed by atoms with Crippen LogP contribution >= 0.6 is 0 Å². The molecule has 1 saturated heterocycles. The average molecular weight is 575 g/mol. The first-order chi connectivity index (χ1) is 20.3. The third-order valence-corrected chi connectivity index (χ3v) is 7.72. The van der Waals surface area contributed by atoms with Gasteiger partial charge in [0.25, 0.3) is 0 Å². The maximum atomic E-state index is 13.7. The highest BCUT2D eigenvalue weighted by atomic mass is 16.5. The van der Waals surface area contributed by atoms with Crippen molar-refractivity contribution in [1.82, 2.24) is 20.2 Å². The fourth-order valence-corrected chi connectivity index (χ4v) is 5.44. The minimum Gasteiger partial charge on any atom is -0.472 e. The number of primary amides is 1. The molecule has 4 N–H and O–H groups in total. The number of nitrogens with one attached hydrogen (secondary N) is 2. The van der Waals surface area contributed by atoms with E-state index in [1.54, 1.807) is 0 Å². The number of amides is 3. The van der Waals surface area contributed by atoms with E-state index in [0.717, 1.165) is 41.3 Å². The third kappa shape index (κ3) is 6.89. The third-order valence-electron chi connectivity index (χ3n) is 7.72. The zero-order valence-electron chi connectivity index (χ0n) is 24.0. The average Bonchev–Trinajstić information content (AvgIpc) is 3.40. The highest BCUT2D eigenvalue weighted by Gasteiger charge is 2.43. The summed E-state index contributed by atoms with van der Waals surface area (Å²) < 4.78 is 11.8. The van der Waals surface area contributed by atoms with E-state index in [1.807, 2.05) is 62.4 Å². The van der Waals surface area contributed by atoms with Crippen molar-refractivity contribution in [3.63, 3.8) is 0 Å². The number of rotatable bonds is 5. The molecule has 4 bridgehead atoms. The van der Waals surface area contributed by atoms with Gasteiger partial charge in [-0.3, -0.25) is 9.59 Å². The first-order valence-corrected chi connectivity index (χ1v) is 14.6. The maximum Gasteiger partial charge on any atom is 0.407 e. The zero-order chi connectivity index (χ0) is 29.6. The van der Waals surface area contributed by atoms with Gasteiger partial charge in [-0.15, -0.1) is 0 Å². The van der Waals surface area contributed by atoms with Crippen LogP contribution in [-0.2, 0) is 27.3 Å². The summed E-state index contributed by atoms with van der Waals surface area (Å²) in [5.74, 6) is -0.491. The largest absolute Gasteiger partial charge is 0.472 e. The molecule has 2 aliphatic heterocycles. The van der Waals surface area contributed by atoms with Crippen molar-refractivity contribution >= 4 is 34.8 Å². The van der Waals surface area contributed by atoms with E-state index in [9.17, 15) is 14.4 Å². The summed E-state index contributed by atoms with van der Waals surface area (Å²) >= 11 is 0. The van der Waals surface area contributed by atoms with Gasteiger partial charge in [0.15, 0.2) is 0 Å². The molecule has 1 fully saturated rings. The van der Waals surface area contributed by atoms with Crippen LogP contribution in [0.4, 0.5) is 10.7 Å². The zero-order valence-corrected chi connectivity index (χ0v) is 24.0. The summed E-state index contributed by atoms with van der Waals surface area (Å²) in [6.07, 6.45) is 2.32. The number of fused-ring (bicyclic) bond motifs is 3. The molecule has 0 aliphatic carbocycles. The van der Waals surface area contributed by atoms with Crippen LogP contribution in [0, 0.1) is 5.92 Å². The molecule has 2 aliphatic rings. The topological polar surface area (TPSA) is 149 Å².